The highest BCUT2D eigenvalue weighted by Gasteiger charge is 2.17. The minimum Gasteiger partial charge on any atom is -0.294 e. The van der Waals surface area contributed by atoms with Gasteiger partial charge in [-0.25, -0.2) is 0 Å². The van der Waals surface area contributed by atoms with E-state index in [2.05, 4.69) is 0 Å². The maximum atomic E-state index is 12.0. The highest BCUT2D eigenvalue weighted by atomic mass is 16.6. The minimum atomic E-state index is -0.506. The minimum absolute atomic E-state index is 0.106. The van der Waals surface area contributed by atoms with Crippen molar-refractivity contribution in [1.82, 2.24) is 0 Å². The number of hydrogen-bond donors (Lipinski definition) is 0. The molecule has 0 spiro atoms. The molecule has 0 amide bonds. The Balaban J connectivity index is 2.21. The topological polar surface area (TPSA) is 60.2 Å². The molecule has 0 bridgehead atoms. The predicted octanol–water partition coefficient (Wildman–Crippen LogP) is 3.58. The monoisotopic (exact) mass is 267 g/mol. The average Bonchev–Trinajstić information content (AvgIpc) is 2.48. The van der Waals surface area contributed by atoms with Crippen LogP contribution < -0.4 is 0 Å². The summed E-state index contributed by atoms with van der Waals surface area (Å²) < 4.78 is 0. The molecule has 20 heavy (non-hydrogen) atoms. The van der Waals surface area contributed by atoms with Crippen molar-refractivity contribution < 1.29 is 9.72 Å². The van der Waals surface area contributed by atoms with Gasteiger partial charge in [-0.05, 0) is 5.56 Å². The van der Waals surface area contributed by atoms with Gasteiger partial charge in [-0.15, -0.1) is 0 Å². The molecule has 0 atom stereocenters. The summed E-state index contributed by atoms with van der Waals surface area (Å²) in [5, 5.41) is 11.1. The lowest BCUT2D eigenvalue weighted by molar-refractivity contribution is -0.424. The largest absolute Gasteiger partial charge is 0.294 e. The van der Waals surface area contributed by atoms with E-state index in [0.717, 1.165) is 0 Å². The van der Waals surface area contributed by atoms with Crippen LogP contribution in [0.2, 0.25) is 0 Å². The molecule has 0 unspecified atom stereocenters. The summed E-state index contributed by atoms with van der Waals surface area (Å²) in [6.45, 7) is 0. The van der Waals surface area contributed by atoms with Crippen molar-refractivity contribution >= 4 is 11.9 Å². The Morgan fingerprint density at radius 3 is 2.10 bits per heavy atom. The number of hydrogen-bond acceptors (Lipinski definition) is 3. The molecular weight excluding hydrogens is 254 g/mol. The first-order valence-corrected chi connectivity index (χ1v) is 6.15. The predicted molar refractivity (Wildman–Crippen MR) is 76.8 cm³/mol. The molecule has 0 aromatic heterocycles. The van der Waals surface area contributed by atoms with Crippen LogP contribution in [0.1, 0.15) is 22.3 Å². The van der Waals surface area contributed by atoms with Crippen LogP contribution in [-0.2, 0) is 0 Å². The van der Waals surface area contributed by atoms with E-state index < -0.39 is 4.92 Å². The number of allylic oxidation sites excluding steroid dienone is 1. The van der Waals surface area contributed by atoms with Gasteiger partial charge in [-0.2, -0.15) is 0 Å². The van der Waals surface area contributed by atoms with E-state index >= 15 is 0 Å². The van der Waals surface area contributed by atoms with Crippen LogP contribution in [-0.4, -0.2) is 10.7 Å². The van der Waals surface area contributed by atoms with Crippen molar-refractivity contribution in [2.75, 3.05) is 0 Å². The van der Waals surface area contributed by atoms with Crippen LogP contribution in [0.4, 0.5) is 0 Å². The van der Waals surface area contributed by atoms with E-state index in [1.165, 1.54) is 6.08 Å². The Kier molecular flexibility index (Phi) is 4.39. The van der Waals surface area contributed by atoms with E-state index in [1.54, 1.807) is 54.6 Å². The molecule has 0 N–H and O–H groups in total. The number of ketones is 1. The summed E-state index contributed by atoms with van der Waals surface area (Å²) in [7, 11) is 0. The van der Waals surface area contributed by atoms with Crippen LogP contribution >= 0.6 is 0 Å². The Morgan fingerprint density at radius 2 is 1.55 bits per heavy atom. The number of nitrogens with zero attached hydrogens (tertiary/aromatic N) is 1. The lowest BCUT2D eigenvalue weighted by Gasteiger charge is -2.00. The van der Waals surface area contributed by atoms with Gasteiger partial charge in [0.2, 0.25) is 0 Å². The maximum Gasteiger partial charge on any atom is 0.254 e. The Morgan fingerprint density at radius 1 is 1.00 bits per heavy atom. The summed E-state index contributed by atoms with van der Waals surface area (Å²) in [4.78, 5) is 22.6. The SMILES string of the molecule is O=C(C/C(=C\c1ccccc1)[N+](=O)[O-])c1ccccc1. The van der Waals surface area contributed by atoms with Crippen LogP contribution in [0.25, 0.3) is 6.08 Å². The first-order chi connectivity index (χ1) is 9.66. The molecule has 0 aliphatic carbocycles. The van der Waals surface area contributed by atoms with E-state index in [0.29, 0.717) is 11.1 Å². The highest BCUT2D eigenvalue weighted by molar-refractivity contribution is 5.97. The summed E-state index contributed by atoms with van der Waals surface area (Å²) in [5.74, 6) is -0.260. The quantitative estimate of drug-likeness (QED) is 0.472. The first-order valence-electron chi connectivity index (χ1n) is 6.15. The Hall–Kier alpha value is -2.75. The molecule has 4 heteroatoms. The Bertz CT molecular complexity index is 633. The van der Waals surface area contributed by atoms with Crippen LogP contribution in [0.15, 0.2) is 66.4 Å². The van der Waals surface area contributed by atoms with E-state index in [4.69, 9.17) is 0 Å². The van der Waals surface area contributed by atoms with Crippen molar-refractivity contribution in [2.45, 2.75) is 6.42 Å². The number of Topliss-reactive ketones (excluding diaryl/α,β-unsaturated/α-hetero) is 1. The third kappa shape index (κ3) is 3.62. The second kappa shape index (κ2) is 6.43. The fraction of sp³-hybridized carbons (Fsp3) is 0.0625. The molecule has 0 heterocycles. The molecule has 0 saturated heterocycles. The number of nitro groups is 1. The second-order valence-corrected chi connectivity index (χ2v) is 4.27. The maximum absolute atomic E-state index is 12.0. The zero-order chi connectivity index (χ0) is 14.4. The van der Waals surface area contributed by atoms with Crippen molar-refractivity contribution in [2.24, 2.45) is 0 Å². The van der Waals surface area contributed by atoms with Gasteiger partial charge in [0.1, 0.15) is 6.42 Å². The molecule has 2 aromatic carbocycles. The van der Waals surface area contributed by atoms with Crippen molar-refractivity contribution in [3.05, 3.63) is 87.6 Å². The molecule has 0 aliphatic rings. The standard InChI is InChI=1S/C16H13NO3/c18-16(14-9-5-2-6-10-14)12-15(17(19)20)11-13-7-3-1-4-8-13/h1-11H,12H2/b15-11+. The highest BCUT2D eigenvalue weighted by Crippen LogP contribution is 2.14. The van der Waals surface area contributed by atoms with Gasteiger partial charge < -0.3 is 0 Å². The third-order valence-electron chi connectivity index (χ3n) is 2.80. The fourth-order valence-corrected chi connectivity index (χ4v) is 1.80. The number of carbonyl (C=O) groups is 1. The molecule has 0 fully saturated rings. The Labute approximate surface area is 116 Å². The van der Waals surface area contributed by atoms with E-state index in [1.807, 2.05) is 6.07 Å². The van der Waals surface area contributed by atoms with Crippen molar-refractivity contribution in [1.29, 1.82) is 0 Å². The third-order valence-corrected chi connectivity index (χ3v) is 2.80. The lowest BCUT2D eigenvalue weighted by atomic mass is 10.1. The molecular formula is C16H13NO3. The van der Waals surface area contributed by atoms with Gasteiger partial charge in [0, 0.05) is 11.6 Å². The van der Waals surface area contributed by atoms with Crippen LogP contribution in [0, 0.1) is 10.1 Å². The average molecular weight is 267 g/mol. The van der Waals surface area contributed by atoms with Gasteiger partial charge in [0.15, 0.2) is 5.78 Å². The number of benzene rings is 2. The van der Waals surface area contributed by atoms with E-state index in [9.17, 15) is 14.9 Å². The summed E-state index contributed by atoms with van der Waals surface area (Å²) >= 11 is 0. The van der Waals surface area contributed by atoms with E-state index in [-0.39, 0.29) is 17.9 Å². The fourth-order valence-electron chi connectivity index (χ4n) is 1.80. The van der Waals surface area contributed by atoms with Crippen LogP contribution in [0.5, 0.6) is 0 Å². The molecule has 0 radical (unpaired) electrons. The summed E-state index contributed by atoms with van der Waals surface area (Å²) in [6, 6.07) is 17.5. The first kappa shape index (κ1) is 13.7. The van der Waals surface area contributed by atoms with Gasteiger partial charge in [0.05, 0.1) is 4.92 Å². The number of rotatable bonds is 5. The number of carbonyl (C=O) groups excluding carboxylic acids is 1. The normalized spacial score (nSPS) is 11.1. The molecule has 2 aromatic rings. The second-order valence-electron chi connectivity index (χ2n) is 4.27. The summed E-state index contributed by atoms with van der Waals surface area (Å²) in [5.41, 5.74) is 1.08. The van der Waals surface area contributed by atoms with Crippen LogP contribution in [0.3, 0.4) is 0 Å². The lowest BCUT2D eigenvalue weighted by Crippen LogP contribution is -2.07. The zero-order valence-electron chi connectivity index (χ0n) is 10.7. The zero-order valence-corrected chi connectivity index (χ0v) is 10.7. The molecule has 0 saturated carbocycles. The smallest absolute Gasteiger partial charge is 0.254 e. The van der Waals surface area contributed by atoms with Gasteiger partial charge in [-0.3, -0.25) is 14.9 Å². The van der Waals surface area contributed by atoms with Gasteiger partial charge in [0.25, 0.3) is 5.70 Å². The van der Waals surface area contributed by atoms with Crippen molar-refractivity contribution in [3.63, 3.8) is 0 Å². The summed E-state index contributed by atoms with van der Waals surface area (Å²) in [6.07, 6.45) is 1.22. The van der Waals surface area contributed by atoms with Gasteiger partial charge >= 0.3 is 0 Å². The van der Waals surface area contributed by atoms with Crippen molar-refractivity contribution in [3.8, 4) is 0 Å². The molecule has 2 rings (SSSR count). The van der Waals surface area contributed by atoms with Gasteiger partial charge in [-0.1, -0.05) is 60.7 Å². The molecule has 100 valence electrons. The molecule has 0 aliphatic heterocycles. The molecule has 4 nitrogen and oxygen atoms in total.